The second kappa shape index (κ2) is 2.45. The van der Waals surface area contributed by atoms with E-state index in [1.807, 2.05) is 20.8 Å². The Hall–Kier alpha value is -0.183. The summed E-state index contributed by atoms with van der Waals surface area (Å²) in [5, 5.41) is -0.168. The van der Waals surface area contributed by atoms with Gasteiger partial charge in [-0.15, -0.1) is 0 Å². The minimum atomic E-state index is -2.29. The van der Waals surface area contributed by atoms with Crippen LogP contribution >= 0.6 is 0 Å². The van der Waals surface area contributed by atoms with E-state index in [1.165, 1.54) is 0 Å². The quantitative estimate of drug-likeness (QED) is 0.427. The highest BCUT2D eigenvalue weighted by atomic mass is 28.3. The van der Waals surface area contributed by atoms with Crippen molar-refractivity contribution in [1.29, 1.82) is 0 Å². The molecule has 0 bridgehead atoms. The van der Waals surface area contributed by atoms with Crippen molar-refractivity contribution in [3.8, 4) is 0 Å². The lowest BCUT2D eigenvalue weighted by molar-refractivity contribution is 0.240. The van der Waals surface area contributed by atoms with Crippen molar-refractivity contribution in [1.82, 2.24) is 0 Å². The first-order valence-corrected chi connectivity index (χ1v) is 6.39. The van der Waals surface area contributed by atoms with Crippen LogP contribution in [0.25, 0.3) is 0 Å². The number of hydrogen-bond acceptors (Lipinski definition) is 1. The SMILES string of the molecule is CC(C)(C)[Si](C)(C)C(=O)F. The van der Waals surface area contributed by atoms with Gasteiger partial charge in [0.15, 0.2) is 8.07 Å². The van der Waals surface area contributed by atoms with Crippen LogP contribution in [0.2, 0.25) is 18.1 Å². The molecule has 0 amide bonds. The Balaban J connectivity index is 4.57. The predicted molar refractivity (Wildman–Crippen MR) is 43.7 cm³/mol. The first-order chi connectivity index (χ1) is 4.19. The summed E-state index contributed by atoms with van der Waals surface area (Å²) in [5.74, 6) is 0. The monoisotopic (exact) mass is 162 g/mol. The van der Waals surface area contributed by atoms with Crippen molar-refractivity contribution in [2.24, 2.45) is 0 Å². The standard InChI is InChI=1S/C7H15FOSi/c1-7(2,3)10(4,5)6(8)9/h1-5H3. The summed E-state index contributed by atoms with van der Waals surface area (Å²) in [6, 6.07) is 0. The first-order valence-electron chi connectivity index (χ1n) is 3.39. The van der Waals surface area contributed by atoms with Gasteiger partial charge < -0.3 is 0 Å². The smallest absolute Gasteiger partial charge is 0.268 e. The molecular formula is C7H15FOSi. The van der Waals surface area contributed by atoms with Gasteiger partial charge in [-0.05, 0) is 5.04 Å². The van der Waals surface area contributed by atoms with Gasteiger partial charge in [0.05, 0.1) is 0 Å². The van der Waals surface area contributed by atoms with E-state index in [0.717, 1.165) is 0 Å². The van der Waals surface area contributed by atoms with Crippen LogP contribution in [0.4, 0.5) is 9.18 Å². The molecule has 0 rings (SSSR count). The lowest BCUT2D eigenvalue weighted by Gasteiger charge is -2.31. The molecule has 0 unspecified atom stereocenters. The molecule has 0 aromatic heterocycles. The van der Waals surface area contributed by atoms with E-state index in [9.17, 15) is 9.18 Å². The Morgan fingerprint density at radius 1 is 1.30 bits per heavy atom. The fraction of sp³-hybridized carbons (Fsp3) is 0.857. The highest BCUT2D eigenvalue weighted by Crippen LogP contribution is 2.36. The summed E-state index contributed by atoms with van der Waals surface area (Å²) in [4.78, 5) is 10.5. The molecule has 0 fully saturated rings. The summed E-state index contributed by atoms with van der Waals surface area (Å²) in [6.07, 6.45) is 0. The summed E-state index contributed by atoms with van der Waals surface area (Å²) < 4.78 is 12.4. The summed E-state index contributed by atoms with van der Waals surface area (Å²) >= 11 is 0. The Bertz CT molecular complexity index is 146. The third-order valence-electron chi connectivity index (χ3n) is 2.37. The topological polar surface area (TPSA) is 17.1 Å². The van der Waals surface area contributed by atoms with Gasteiger partial charge in [0.25, 0.3) is 5.66 Å². The highest BCUT2D eigenvalue weighted by molar-refractivity contribution is 7.04. The second-order valence-electron chi connectivity index (χ2n) is 4.15. The molecule has 0 aliphatic rings. The number of hydrogen-bond donors (Lipinski definition) is 0. The maximum atomic E-state index is 12.4. The Kier molecular flexibility index (Phi) is 2.41. The largest absolute Gasteiger partial charge is 0.271 e. The average Bonchev–Trinajstić information content (AvgIpc) is 1.62. The van der Waals surface area contributed by atoms with Crippen LogP contribution in [0.1, 0.15) is 20.8 Å². The average molecular weight is 162 g/mol. The zero-order valence-electron chi connectivity index (χ0n) is 7.29. The lowest BCUT2D eigenvalue weighted by Crippen LogP contribution is -2.43. The normalized spacial score (nSPS) is 13.4. The third kappa shape index (κ3) is 1.65. The molecule has 0 aromatic carbocycles. The van der Waals surface area contributed by atoms with Gasteiger partial charge in [0.2, 0.25) is 0 Å². The maximum Gasteiger partial charge on any atom is 0.271 e. The molecule has 0 aromatic rings. The minimum absolute atomic E-state index is 0.168. The minimum Gasteiger partial charge on any atom is -0.268 e. The predicted octanol–water partition coefficient (Wildman–Crippen LogP) is 3.17. The van der Waals surface area contributed by atoms with E-state index >= 15 is 0 Å². The maximum absolute atomic E-state index is 12.4. The highest BCUT2D eigenvalue weighted by Gasteiger charge is 2.42. The fourth-order valence-electron chi connectivity index (χ4n) is 0.295. The zero-order valence-corrected chi connectivity index (χ0v) is 8.29. The Morgan fingerprint density at radius 3 is 1.60 bits per heavy atom. The molecule has 3 heteroatoms. The van der Waals surface area contributed by atoms with Crippen LogP contribution in [0.3, 0.4) is 0 Å². The zero-order chi connectivity index (χ0) is 8.58. The van der Waals surface area contributed by atoms with Crippen LogP contribution in [0.15, 0.2) is 0 Å². The van der Waals surface area contributed by atoms with Crippen LogP contribution in [0, 0.1) is 0 Å². The van der Waals surface area contributed by atoms with Crippen LogP contribution in [0.5, 0.6) is 0 Å². The molecule has 0 radical (unpaired) electrons. The molecule has 0 aliphatic heterocycles. The van der Waals surface area contributed by atoms with Crippen molar-refractivity contribution in [2.75, 3.05) is 0 Å². The Labute approximate surface area is 62.6 Å². The Morgan fingerprint density at radius 2 is 1.60 bits per heavy atom. The van der Waals surface area contributed by atoms with Gasteiger partial charge in [-0.25, -0.2) is 0 Å². The van der Waals surface area contributed by atoms with Gasteiger partial charge in [-0.2, -0.15) is 4.39 Å². The molecule has 60 valence electrons. The summed E-state index contributed by atoms with van der Waals surface area (Å²) in [6.45, 7) is 9.26. The van der Waals surface area contributed by atoms with Crippen molar-refractivity contribution in [3.63, 3.8) is 0 Å². The third-order valence-corrected chi connectivity index (χ3v) is 7.10. The number of halogens is 1. The molecule has 10 heavy (non-hydrogen) atoms. The molecule has 0 saturated heterocycles. The molecule has 0 heterocycles. The second-order valence-corrected chi connectivity index (χ2v) is 9.29. The van der Waals surface area contributed by atoms with E-state index in [2.05, 4.69) is 0 Å². The van der Waals surface area contributed by atoms with Gasteiger partial charge in [0.1, 0.15) is 0 Å². The molecule has 0 spiro atoms. The molecule has 1 nitrogen and oxygen atoms in total. The van der Waals surface area contributed by atoms with Crippen molar-refractivity contribution >= 4 is 13.7 Å². The number of rotatable bonds is 1. The van der Waals surface area contributed by atoms with Gasteiger partial charge in [0, 0.05) is 0 Å². The summed E-state index contributed by atoms with van der Waals surface area (Å²) in [5.41, 5.74) is -1.10. The molecular weight excluding hydrogens is 147 g/mol. The number of carbonyl (C=O) groups excluding carboxylic acids is 1. The van der Waals surface area contributed by atoms with Gasteiger partial charge in [-0.3, -0.25) is 4.79 Å². The molecule has 0 saturated carbocycles. The lowest BCUT2D eigenvalue weighted by atomic mass is 10.2. The molecule has 0 N–H and O–H groups in total. The summed E-state index contributed by atoms with van der Waals surface area (Å²) in [7, 11) is -2.29. The fourth-order valence-corrected chi connectivity index (χ4v) is 0.884. The van der Waals surface area contributed by atoms with Crippen LogP contribution in [-0.2, 0) is 0 Å². The molecule has 0 aliphatic carbocycles. The van der Waals surface area contributed by atoms with E-state index < -0.39 is 13.7 Å². The van der Waals surface area contributed by atoms with Gasteiger partial charge in [-0.1, -0.05) is 33.9 Å². The number of carbonyl (C=O) groups is 1. The van der Waals surface area contributed by atoms with Crippen molar-refractivity contribution < 1.29 is 9.18 Å². The first kappa shape index (κ1) is 9.82. The van der Waals surface area contributed by atoms with E-state index in [0.29, 0.717) is 0 Å². The van der Waals surface area contributed by atoms with Crippen LogP contribution < -0.4 is 0 Å². The molecule has 0 atom stereocenters. The van der Waals surface area contributed by atoms with Crippen molar-refractivity contribution in [3.05, 3.63) is 0 Å². The van der Waals surface area contributed by atoms with Gasteiger partial charge >= 0.3 is 0 Å². The van der Waals surface area contributed by atoms with E-state index in [-0.39, 0.29) is 5.04 Å². The van der Waals surface area contributed by atoms with E-state index in [4.69, 9.17) is 0 Å². The van der Waals surface area contributed by atoms with E-state index in [1.54, 1.807) is 13.1 Å². The van der Waals surface area contributed by atoms with Crippen LogP contribution in [-0.4, -0.2) is 13.7 Å². The van der Waals surface area contributed by atoms with Crippen molar-refractivity contribution in [2.45, 2.75) is 38.9 Å².